The molecular formula is C22H28N4O3. The molecule has 1 amide bonds. The minimum atomic E-state index is 0.0786. The number of aromatic nitrogens is 3. The molecule has 2 aromatic heterocycles. The Labute approximate surface area is 171 Å². The molecule has 7 nitrogen and oxygen atoms in total. The molecule has 0 radical (unpaired) electrons. The quantitative estimate of drug-likeness (QED) is 0.553. The summed E-state index contributed by atoms with van der Waals surface area (Å²) < 4.78 is 12.3. The molecule has 3 aromatic rings. The van der Waals surface area contributed by atoms with Crippen molar-refractivity contribution >= 4 is 11.6 Å². The van der Waals surface area contributed by atoms with E-state index in [-0.39, 0.29) is 12.3 Å². The zero-order valence-corrected chi connectivity index (χ0v) is 17.5. The normalized spacial score (nSPS) is 10.9. The van der Waals surface area contributed by atoms with Crippen LogP contribution in [0.15, 0.2) is 36.4 Å². The third kappa shape index (κ3) is 4.50. The molecule has 0 atom stereocenters. The van der Waals surface area contributed by atoms with Gasteiger partial charge >= 0.3 is 0 Å². The van der Waals surface area contributed by atoms with Crippen LogP contribution in [0.4, 0.5) is 0 Å². The molecule has 0 spiro atoms. The summed E-state index contributed by atoms with van der Waals surface area (Å²) in [6.45, 7) is 5.66. The average molecular weight is 396 g/mol. The third-order valence-electron chi connectivity index (χ3n) is 4.78. The smallest absolute Gasteiger partial charge is 0.231 e. The van der Waals surface area contributed by atoms with Crippen LogP contribution in [-0.4, -0.2) is 52.7 Å². The zero-order valence-electron chi connectivity index (χ0n) is 17.5. The van der Waals surface area contributed by atoms with Crippen molar-refractivity contribution in [3.8, 4) is 22.9 Å². The van der Waals surface area contributed by atoms with Gasteiger partial charge in [0.15, 0.2) is 5.65 Å². The van der Waals surface area contributed by atoms with E-state index in [4.69, 9.17) is 14.5 Å². The van der Waals surface area contributed by atoms with Gasteiger partial charge in [0.25, 0.3) is 0 Å². The molecule has 0 saturated heterocycles. The van der Waals surface area contributed by atoms with Crippen molar-refractivity contribution in [2.24, 2.45) is 0 Å². The van der Waals surface area contributed by atoms with Crippen LogP contribution in [-0.2, 0) is 11.2 Å². The first-order valence-electron chi connectivity index (χ1n) is 9.96. The van der Waals surface area contributed by atoms with E-state index >= 15 is 0 Å². The van der Waals surface area contributed by atoms with E-state index in [0.29, 0.717) is 11.5 Å². The van der Waals surface area contributed by atoms with E-state index in [1.54, 1.807) is 24.8 Å². The SMILES string of the molecule is CCCN(CCC)C(=O)Cc1c(-c2ccc(OC)cc2)nc2ccc(OC)nn12. The van der Waals surface area contributed by atoms with Gasteiger partial charge in [0.2, 0.25) is 11.8 Å². The van der Waals surface area contributed by atoms with Gasteiger partial charge in [-0.2, -0.15) is 0 Å². The van der Waals surface area contributed by atoms with E-state index in [1.165, 1.54) is 0 Å². The van der Waals surface area contributed by atoms with Crippen LogP contribution in [0.3, 0.4) is 0 Å². The standard InChI is InChI=1S/C22H28N4O3/c1-5-13-25(14-6-2)21(27)15-18-22(16-7-9-17(28-3)10-8-16)23-19-11-12-20(29-4)24-26(18)19/h7-12H,5-6,13-15H2,1-4H3. The van der Waals surface area contributed by atoms with Crippen LogP contribution in [0.25, 0.3) is 16.9 Å². The molecule has 0 saturated carbocycles. The Kier molecular flexibility index (Phi) is 6.69. The van der Waals surface area contributed by atoms with Crippen LogP contribution in [0.5, 0.6) is 11.6 Å². The van der Waals surface area contributed by atoms with Crippen molar-refractivity contribution in [3.63, 3.8) is 0 Å². The van der Waals surface area contributed by atoms with Gasteiger partial charge in [0.1, 0.15) is 5.75 Å². The van der Waals surface area contributed by atoms with Gasteiger partial charge < -0.3 is 14.4 Å². The summed E-state index contributed by atoms with van der Waals surface area (Å²) in [5.41, 5.74) is 3.09. The number of methoxy groups -OCH3 is 2. The van der Waals surface area contributed by atoms with Crippen LogP contribution < -0.4 is 9.47 Å². The Hall–Kier alpha value is -3.09. The number of ether oxygens (including phenoxy) is 2. The van der Waals surface area contributed by atoms with E-state index in [2.05, 4.69) is 18.9 Å². The summed E-state index contributed by atoms with van der Waals surface area (Å²) in [5.74, 6) is 1.32. The molecule has 1 aromatic carbocycles. The molecule has 7 heteroatoms. The van der Waals surface area contributed by atoms with Crippen LogP contribution in [0.2, 0.25) is 0 Å². The van der Waals surface area contributed by atoms with E-state index in [9.17, 15) is 4.79 Å². The molecule has 29 heavy (non-hydrogen) atoms. The summed E-state index contributed by atoms with van der Waals surface area (Å²) in [4.78, 5) is 19.7. The zero-order chi connectivity index (χ0) is 20.8. The van der Waals surface area contributed by atoms with Crippen molar-refractivity contribution in [3.05, 3.63) is 42.1 Å². The van der Waals surface area contributed by atoms with E-state index < -0.39 is 0 Å². The van der Waals surface area contributed by atoms with Gasteiger partial charge in [-0.25, -0.2) is 9.50 Å². The molecule has 3 rings (SSSR count). The second-order valence-corrected chi connectivity index (χ2v) is 6.84. The molecule has 0 aliphatic rings. The highest BCUT2D eigenvalue weighted by atomic mass is 16.5. The van der Waals surface area contributed by atoms with Gasteiger partial charge in [-0.05, 0) is 43.2 Å². The largest absolute Gasteiger partial charge is 0.497 e. The molecule has 0 N–H and O–H groups in total. The van der Waals surface area contributed by atoms with Gasteiger partial charge in [0.05, 0.1) is 32.0 Å². The molecular weight excluding hydrogens is 368 g/mol. The Morgan fingerprint density at radius 2 is 1.69 bits per heavy atom. The highest BCUT2D eigenvalue weighted by Crippen LogP contribution is 2.27. The van der Waals surface area contributed by atoms with Gasteiger partial charge in [-0.1, -0.05) is 13.8 Å². The second-order valence-electron chi connectivity index (χ2n) is 6.84. The Balaban J connectivity index is 2.06. The van der Waals surface area contributed by atoms with Crippen molar-refractivity contribution < 1.29 is 14.3 Å². The topological polar surface area (TPSA) is 69.0 Å². The van der Waals surface area contributed by atoms with Crippen molar-refractivity contribution in [2.45, 2.75) is 33.1 Å². The molecule has 0 fully saturated rings. The van der Waals surface area contributed by atoms with Crippen LogP contribution in [0.1, 0.15) is 32.4 Å². The summed E-state index contributed by atoms with van der Waals surface area (Å²) >= 11 is 0. The second kappa shape index (κ2) is 9.41. The lowest BCUT2D eigenvalue weighted by Gasteiger charge is -2.21. The van der Waals surface area contributed by atoms with Crippen molar-refractivity contribution in [1.82, 2.24) is 19.5 Å². The van der Waals surface area contributed by atoms with Gasteiger partial charge in [0, 0.05) is 24.7 Å². The van der Waals surface area contributed by atoms with Crippen molar-refractivity contribution in [1.29, 1.82) is 0 Å². The Morgan fingerprint density at radius 3 is 2.28 bits per heavy atom. The first-order chi connectivity index (χ1) is 14.1. The Morgan fingerprint density at radius 1 is 1.00 bits per heavy atom. The maximum Gasteiger partial charge on any atom is 0.231 e. The highest BCUT2D eigenvalue weighted by molar-refractivity contribution is 5.81. The molecule has 0 aliphatic carbocycles. The molecule has 154 valence electrons. The lowest BCUT2D eigenvalue weighted by atomic mass is 10.1. The van der Waals surface area contributed by atoms with E-state index in [1.807, 2.05) is 35.2 Å². The number of hydrogen-bond donors (Lipinski definition) is 0. The third-order valence-corrected chi connectivity index (χ3v) is 4.78. The monoisotopic (exact) mass is 396 g/mol. The summed E-state index contributed by atoms with van der Waals surface area (Å²) in [6.07, 6.45) is 2.08. The van der Waals surface area contributed by atoms with Crippen molar-refractivity contribution in [2.75, 3.05) is 27.3 Å². The Bertz CT molecular complexity index is 960. The predicted octanol–water partition coefficient (Wildman–Crippen LogP) is 3.60. The number of carbonyl (C=O) groups is 1. The van der Waals surface area contributed by atoms with Crippen LogP contribution >= 0.6 is 0 Å². The number of fused-ring (bicyclic) bond motifs is 1. The van der Waals surface area contributed by atoms with E-state index in [0.717, 1.165) is 48.6 Å². The number of hydrogen-bond acceptors (Lipinski definition) is 5. The molecule has 0 unspecified atom stereocenters. The minimum Gasteiger partial charge on any atom is -0.497 e. The number of nitrogens with zero attached hydrogens (tertiary/aromatic N) is 4. The summed E-state index contributed by atoms with van der Waals surface area (Å²) in [5, 5.41) is 4.51. The summed E-state index contributed by atoms with van der Waals surface area (Å²) in [6, 6.07) is 11.3. The fourth-order valence-corrected chi connectivity index (χ4v) is 3.37. The van der Waals surface area contributed by atoms with Gasteiger partial charge in [-0.15, -0.1) is 5.10 Å². The lowest BCUT2D eigenvalue weighted by molar-refractivity contribution is -0.130. The number of rotatable bonds is 9. The molecule has 0 aliphatic heterocycles. The number of carbonyl (C=O) groups excluding carboxylic acids is 1. The predicted molar refractivity (Wildman–Crippen MR) is 112 cm³/mol. The number of benzene rings is 1. The first kappa shape index (κ1) is 20.6. The molecule has 0 bridgehead atoms. The highest BCUT2D eigenvalue weighted by Gasteiger charge is 2.21. The number of amides is 1. The van der Waals surface area contributed by atoms with Crippen LogP contribution in [0, 0.1) is 0 Å². The number of imidazole rings is 1. The maximum absolute atomic E-state index is 13.1. The lowest BCUT2D eigenvalue weighted by Crippen LogP contribution is -2.34. The fourth-order valence-electron chi connectivity index (χ4n) is 3.37. The summed E-state index contributed by atoms with van der Waals surface area (Å²) in [7, 11) is 3.21. The maximum atomic E-state index is 13.1. The van der Waals surface area contributed by atoms with Gasteiger partial charge in [-0.3, -0.25) is 4.79 Å². The fraction of sp³-hybridized carbons (Fsp3) is 0.409. The first-order valence-corrected chi connectivity index (χ1v) is 9.96. The average Bonchev–Trinajstić information content (AvgIpc) is 3.11. The molecule has 2 heterocycles. The minimum absolute atomic E-state index is 0.0786.